The Morgan fingerprint density at radius 3 is 2.50 bits per heavy atom. The maximum Gasteiger partial charge on any atom is 0.243 e. The summed E-state index contributed by atoms with van der Waals surface area (Å²) in [6.45, 7) is 8.63. The van der Waals surface area contributed by atoms with E-state index in [9.17, 15) is 14.4 Å². The first-order valence-electron chi connectivity index (χ1n) is 13.7. The minimum Gasteiger partial charge on any atom is -0.492 e. The summed E-state index contributed by atoms with van der Waals surface area (Å²) in [4.78, 5) is 40.9. The number of nitrogens with one attached hydrogen (secondary N) is 4. The lowest BCUT2D eigenvalue weighted by Crippen LogP contribution is -2.59. The van der Waals surface area contributed by atoms with Gasteiger partial charge in [0.25, 0.3) is 0 Å². The van der Waals surface area contributed by atoms with Crippen LogP contribution in [0, 0.1) is 5.92 Å². The average Bonchev–Trinajstić information content (AvgIpc) is 3.40. The molecule has 0 saturated heterocycles. The molecule has 4 atom stereocenters. The Morgan fingerprint density at radius 1 is 1.00 bits per heavy atom. The largest absolute Gasteiger partial charge is 0.492 e. The molecule has 9 heteroatoms. The van der Waals surface area contributed by atoms with Crippen molar-refractivity contribution >= 4 is 29.1 Å². The highest BCUT2D eigenvalue weighted by molar-refractivity contribution is 7.09. The molecule has 0 saturated carbocycles. The molecule has 1 aliphatic rings. The number of carbonyl (C=O) groups is 3. The number of fused-ring (bicyclic) bond motifs is 1. The predicted molar refractivity (Wildman–Crippen MR) is 151 cm³/mol. The van der Waals surface area contributed by atoms with Gasteiger partial charge in [0.1, 0.15) is 24.4 Å². The van der Waals surface area contributed by atoms with E-state index in [0.717, 1.165) is 35.5 Å². The van der Waals surface area contributed by atoms with Crippen molar-refractivity contribution in [1.29, 1.82) is 0 Å². The zero-order valence-electron chi connectivity index (χ0n) is 22.9. The van der Waals surface area contributed by atoms with Crippen LogP contribution in [0.5, 0.6) is 5.75 Å². The third-order valence-electron chi connectivity index (χ3n) is 6.63. The summed E-state index contributed by atoms with van der Waals surface area (Å²) in [6.07, 6.45) is 3.26. The number of hydrogen-bond acceptors (Lipinski definition) is 6. The summed E-state index contributed by atoms with van der Waals surface area (Å²) in [7, 11) is 0. The number of rotatable bonds is 5. The fourth-order valence-electron chi connectivity index (χ4n) is 4.54. The van der Waals surface area contributed by atoms with E-state index in [2.05, 4.69) is 21.3 Å². The van der Waals surface area contributed by atoms with Crippen molar-refractivity contribution in [2.75, 3.05) is 13.2 Å². The minimum absolute atomic E-state index is 0.114. The zero-order chi connectivity index (χ0) is 27.5. The van der Waals surface area contributed by atoms with E-state index in [1.807, 2.05) is 69.5 Å². The minimum atomic E-state index is -0.764. The molecule has 0 fully saturated rings. The normalized spacial score (nSPS) is 24.3. The van der Waals surface area contributed by atoms with E-state index in [0.29, 0.717) is 26.0 Å². The zero-order valence-corrected chi connectivity index (χ0v) is 23.7. The van der Waals surface area contributed by atoms with Crippen LogP contribution in [0.4, 0.5) is 0 Å². The van der Waals surface area contributed by atoms with Crippen molar-refractivity contribution < 1.29 is 19.1 Å². The van der Waals surface area contributed by atoms with Crippen LogP contribution in [0.2, 0.25) is 0 Å². The highest BCUT2D eigenvalue weighted by Crippen LogP contribution is 2.20. The molecule has 208 valence electrons. The van der Waals surface area contributed by atoms with Crippen LogP contribution >= 0.6 is 11.3 Å². The predicted octanol–water partition coefficient (Wildman–Crippen LogP) is 3.20. The lowest BCUT2D eigenvalue weighted by atomic mass is 10.0. The van der Waals surface area contributed by atoms with E-state index in [4.69, 9.17) is 4.74 Å². The quantitative estimate of drug-likeness (QED) is 0.464. The van der Waals surface area contributed by atoms with Crippen molar-refractivity contribution in [3.8, 4) is 5.75 Å². The van der Waals surface area contributed by atoms with Gasteiger partial charge in [0.05, 0.1) is 6.04 Å². The molecule has 4 N–H and O–H groups in total. The SMILES string of the molecule is CCC[C@@H]1NC(=O)[C@@H](C(C)C)NC(=O)[C@@H](Cc2cccs2)N[C@@H](C)COc2ccccc2CCCNC1=O. The van der Waals surface area contributed by atoms with Gasteiger partial charge >= 0.3 is 0 Å². The molecule has 1 aromatic heterocycles. The summed E-state index contributed by atoms with van der Waals surface area (Å²) in [5.41, 5.74) is 1.07. The molecule has 3 rings (SSSR count). The first-order chi connectivity index (χ1) is 18.3. The second-order valence-electron chi connectivity index (χ2n) is 10.3. The molecule has 0 bridgehead atoms. The van der Waals surface area contributed by atoms with E-state index in [1.54, 1.807) is 11.3 Å². The number of para-hydroxylation sites is 1. The van der Waals surface area contributed by atoms with Crippen LogP contribution in [0.15, 0.2) is 41.8 Å². The Balaban J connectivity index is 1.87. The Kier molecular flexibility index (Phi) is 11.6. The van der Waals surface area contributed by atoms with Crippen molar-refractivity contribution in [2.24, 2.45) is 5.92 Å². The van der Waals surface area contributed by atoms with Gasteiger partial charge in [-0.25, -0.2) is 0 Å². The van der Waals surface area contributed by atoms with Gasteiger partial charge in [-0.3, -0.25) is 19.7 Å². The molecule has 0 radical (unpaired) electrons. The molecule has 1 aliphatic heterocycles. The Morgan fingerprint density at radius 2 is 1.79 bits per heavy atom. The standard InChI is InChI=1S/C29H42N4O4S/c1-5-10-23-27(34)30-15-8-12-21-11-6-7-14-25(21)37-18-20(4)31-24(17-22-13-9-16-38-22)28(35)33-26(19(2)3)29(36)32-23/h6-7,9,11,13-14,16,19-20,23-24,26,31H,5,8,10,12,15,17-18H2,1-4H3,(H,30,34)(H,32,36)(H,33,35)/t20-,23-,24+,26+/m0/s1. The first-order valence-corrected chi connectivity index (χ1v) is 14.5. The van der Waals surface area contributed by atoms with Gasteiger partial charge in [-0.1, -0.05) is 51.5 Å². The second-order valence-corrected chi connectivity index (χ2v) is 11.3. The monoisotopic (exact) mass is 542 g/mol. The third-order valence-corrected chi connectivity index (χ3v) is 7.53. The molecular formula is C29H42N4O4S. The number of hydrogen-bond donors (Lipinski definition) is 4. The molecule has 0 unspecified atom stereocenters. The number of thiophene rings is 1. The van der Waals surface area contributed by atoms with Crippen molar-refractivity contribution in [3.63, 3.8) is 0 Å². The number of carbonyl (C=O) groups excluding carboxylic acids is 3. The summed E-state index contributed by atoms with van der Waals surface area (Å²) >= 11 is 1.59. The summed E-state index contributed by atoms with van der Waals surface area (Å²) < 4.78 is 6.17. The molecule has 0 aliphatic carbocycles. The topological polar surface area (TPSA) is 109 Å². The highest BCUT2D eigenvalue weighted by Gasteiger charge is 2.31. The van der Waals surface area contributed by atoms with Crippen LogP contribution in [0.25, 0.3) is 0 Å². The maximum atomic E-state index is 13.5. The Bertz CT molecular complexity index is 1040. The van der Waals surface area contributed by atoms with Gasteiger partial charge in [0.15, 0.2) is 0 Å². The molecule has 8 nitrogen and oxygen atoms in total. The molecule has 2 aromatic rings. The van der Waals surface area contributed by atoms with Crippen LogP contribution in [-0.2, 0) is 27.2 Å². The van der Waals surface area contributed by atoms with Crippen molar-refractivity contribution in [1.82, 2.24) is 21.3 Å². The van der Waals surface area contributed by atoms with Crippen molar-refractivity contribution in [2.45, 2.75) is 84.0 Å². The van der Waals surface area contributed by atoms with Gasteiger partial charge in [-0.2, -0.15) is 0 Å². The summed E-state index contributed by atoms with van der Waals surface area (Å²) in [5, 5.41) is 14.3. The summed E-state index contributed by atoms with van der Waals surface area (Å²) in [6, 6.07) is 9.80. The third kappa shape index (κ3) is 8.84. The van der Waals surface area contributed by atoms with Gasteiger partial charge in [-0.15, -0.1) is 11.3 Å². The maximum absolute atomic E-state index is 13.5. The van der Waals surface area contributed by atoms with Crippen molar-refractivity contribution in [3.05, 3.63) is 52.2 Å². The molecule has 38 heavy (non-hydrogen) atoms. The lowest BCUT2D eigenvalue weighted by molar-refractivity contribution is -0.133. The first kappa shape index (κ1) is 29.6. The van der Waals surface area contributed by atoms with E-state index < -0.39 is 18.1 Å². The lowest BCUT2D eigenvalue weighted by Gasteiger charge is -2.28. The van der Waals surface area contributed by atoms with Gasteiger partial charge in [0, 0.05) is 23.9 Å². The molecular weight excluding hydrogens is 500 g/mol. The van der Waals surface area contributed by atoms with Crippen LogP contribution < -0.4 is 26.0 Å². The van der Waals surface area contributed by atoms with Crippen LogP contribution in [0.3, 0.4) is 0 Å². The Hall–Kier alpha value is -2.91. The average molecular weight is 543 g/mol. The molecule has 0 spiro atoms. The molecule has 1 aromatic carbocycles. The second kappa shape index (κ2) is 14.9. The summed E-state index contributed by atoms with van der Waals surface area (Å²) in [5.74, 6) is -0.149. The number of ether oxygens (including phenoxy) is 1. The van der Waals surface area contributed by atoms with E-state index >= 15 is 0 Å². The van der Waals surface area contributed by atoms with E-state index in [-0.39, 0.29) is 29.7 Å². The number of benzene rings is 1. The molecule has 3 amide bonds. The van der Waals surface area contributed by atoms with Gasteiger partial charge in [-0.05, 0) is 55.2 Å². The van der Waals surface area contributed by atoms with E-state index in [1.165, 1.54) is 0 Å². The fraction of sp³-hybridized carbons (Fsp3) is 0.552. The van der Waals surface area contributed by atoms with Crippen LogP contribution in [-0.4, -0.2) is 55.0 Å². The number of aryl methyl sites for hydroxylation is 1. The number of amides is 3. The van der Waals surface area contributed by atoms with Crippen LogP contribution in [0.1, 0.15) is 57.4 Å². The smallest absolute Gasteiger partial charge is 0.243 e. The highest BCUT2D eigenvalue weighted by atomic mass is 32.1. The fourth-order valence-corrected chi connectivity index (χ4v) is 5.29. The molecule has 2 heterocycles. The Labute approximate surface area is 230 Å². The van der Waals surface area contributed by atoms with Gasteiger partial charge in [0.2, 0.25) is 17.7 Å². The van der Waals surface area contributed by atoms with Gasteiger partial charge < -0.3 is 20.7 Å².